The molecule has 158 valence electrons. The lowest BCUT2D eigenvalue weighted by Gasteiger charge is -2.20. The molecule has 0 radical (unpaired) electrons. The second-order valence-corrected chi connectivity index (χ2v) is 9.19. The number of ether oxygens (including phenoxy) is 2. The first kappa shape index (κ1) is 24.1. The molecule has 0 spiro atoms. The molecule has 0 aromatic heterocycles. The normalized spacial score (nSPS) is 14.2. The molecule has 2 N–H and O–H groups in total. The van der Waals surface area contributed by atoms with Crippen molar-refractivity contribution < 1.29 is 27.5 Å². The van der Waals surface area contributed by atoms with Gasteiger partial charge in [-0.3, -0.25) is 9.59 Å². The van der Waals surface area contributed by atoms with Crippen LogP contribution in [0.5, 0.6) is 0 Å². The predicted octanol–water partition coefficient (Wildman–Crippen LogP) is 1.35. The van der Waals surface area contributed by atoms with E-state index in [-0.39, 0.29) is 16.9 Å². The number of esters is 1. The number of rotatable bonds is 9. The smallest absolute Gasteiger partial charge is 0.324 e. The number of sulfonamides is 1. The molecule has 0 saturated carbocycles. The maximum atomic E-state index is 12.5. The molecular weight excluding hydrogens is 384 g/mol. The minimum absolute atomic E-state index is 0.0468. The highest BCUT2D eigenvalue weighted by atomic mass is 32.2. The van der Waals surface area contributed by atoms with Crippen LogP contribution in [0.25, 0.3) is 0 Å². The Bertz CT molecular complexity index is 769. The highest BCUT2D eigenvalue weighted by molar-refractivity contribution is 7.89. The molecule has 1 rings (SSSR count). The van der Waals surface area contributed by atoms with Gasteiger partial charge >= 0.3 is 5.97 Å². The Hall–Kier alpha value is -1.97. The van der Waals surface area contributed by atoms with E-state index in [1.54, 1.807) is 12.1 Å². The van der Waals surface area contributed by atoms with E-state index in [0.717, 1.165) is 5.56 Å². The summed E-state index contributed by atoms with van der Waals surface area (Å²) in [6, 6.07) is 5.31. The van der Waals surface area contributed by atoms with E-state index in [2.05, 4.69) is 10.0 Å². The summed E-state index contributed by atoms with van der Waals surface area (Å²) < 4.78 is 37.1. The Kier molecular flexibility index (Phi) is 8.59. The monoisotopic (exact) mass is 414 g/mol. The van der Waals surface area contributed by atoms with E-state index in [0.29, 0.717) is 6.61 Å². The third-order valence-corrected chi connectivity index (χ3v) is 5.54. The lowest BCUT2D eigenvalue weighted by atomic mass is 9.87. The maximum absolute atomic E-state index is 12.5. The van der Waals surface area contributed by atoms with Gasteiger partial charge in [-0.2, -0.15) is 4.72 Å². The van der Waals surface area contributed by atoms with Crippen molar-refractivity contribution in [3.63, 3.8) is 0 Å². The number of hydrogen-bond acceptors (Lipinski definition) is 6. The van der Waals surface area contributed by atoms with Crippen LogP contribution in [-0.4, -0.2) is 52.7 Å². The predicted molar refractivity (Wildman–Crippen MR) is 105 cm³/mol. The van der Waals surface area contributed by atoms with Crippen molar-refractivity contribution in [3.8, 4) is 0 Å². The van der Waals surface area contributed by atoms with E-state index in [4.69, 9.17) is 9.47 Å². The van der Waals surface area contributed by atoms with E-state index in [1.807, 2.05) is 20.8 Å². The van der Waals surface area contributed by atoms with Crippen molar-refractivity contribution in [3.05, 3.63) is 29.8 Å². The minimum Gasteiger partial charge on any atom is -0.451 e. The average Bonchev–Trinajstić information content (AvgIpc) is 2.60. The van der Waals surface area contributed by atoms with E-state index < -0.39 is 34.0 Å². The van der Waals surface area contributed by atoms with Crippen molar-refractivity contribution in [2.24, 2.45) is 0 Å². The fourth-order valence-corrected chi connectivity index (χ4v) is 3.42. The third kappa shape index (κ3) is 7.21. The van der Waals surface area contributed by atoms with Crippen molar-refractivity contribution in [2.75, 3.05) is 20.3 Å². The summed E-state index contributed by atoms with van der Waals surface area (Å²) >= 11 is 0. The summed E-state index contributed by atoms with van der Waals surface area (Å²) in [5.41, 5.74) is 0.888. The van der Waals surface area contributed by atoms with Crippen LogP contribution in [0.15, 0.2) is 29.2 Å². The first-order valence-electron chi connectivity index (χ1n) is 8.98. The van der Waals surface area contributed by atoms with Crippen LogP contribution in [0.1, 0.15) is 40.2 Å². The molecule has 1 amide bonds. The Morgan fingerprint density at radius 2 is 1.68 bits per heavy atom. The molecule has 0 heterocycles. The Balaban J connectivity index is 2.70. The van der Waals surface area contributed by atoms with Crippen LogP contribution in [0, 0.1) is 0 Å². The van der Waals surface area contributed by atoms with Gasteiger partial charge in [-0.1, -0.05) is 32.9 Å². The largest absolute Gasteiger partial charge is 0.451 e. The lowest BCUT2D eigenvalue weighted by Crippen LogP contribution is -2.43. The van der Waals surface area contributed by atoms with Crippen LogP contribution < -0.4 is 10.0 Å². The molecule has 2 atom stereocenters. The molecular formula is C19H30N2O6S. The second-order valence-electron chi connectivity index (χ2n) is 7.48. The van der Waals surface area contributed by atoms with Gasteiger partial charge < -0.3 is 14.8 Å². The summed E-state index contributed by atoms with van der Waals surface area (Å²) in [6.07, 6.45) is -1.05. The van der Waals surface area contributed by atoms with Crippen LogP contribution in [0.2, 0.25) is 0 Å². The van der Waals surface area contributed by atoms with Gasteiger partial charge in [-0.15, -0.1) is 0 Å². The summed E-state index contributed by atoms with van der Waals surface area (Å²) in [4.78, 5) is 24.0. The number of hydrogen-bond donors (Lipinski definition) is 2. The zero-order valence-electron chi connectivity index (χ0n) is 17.2. The summed E-state index contributed by atoms with van der Waals surface area (Å²) in [7, 11) is -2.41. The molecule has 8 nitrogen and oxygen atoms in total. The second kappa shape index (κ2) is 9.99. The highest BCUT2D eigenvalue weighted by Gasteiger charge is 2.26. The molecule has 0 aliphatic rings. The zero-order valence-corrected chi connectivity index (χ0v) is 18.1. The van der Waals surface area contributed by atoms with E-state index in [1.165, 1.54) is 33.1 Å². The van der Waals surface area contributed by atoms with Crippen LogP contribution >= 0.6 is 0 Å². The number of methoxy groups -OCH3 is 1. The molecule has 1 aromatic carbocycles. The standard InChI is InChI=1S/C19H30N2O6S/c1-13(18(23)27-14(2)17(22)20-11-12-26-6)21-28(24,25)16-9-7-15(8-10-16)19(3,4)5/h7-10,13-14,21H,11-12H2,1-6H3,(H,20,22)/t13-,14-/m0/s1. The molecule has 0 bridgehead atoms. The van der Waals surface area contributed by atoms with Crippen molar-refractivity contribution in [1.82, 2.24) is 10.0 Å². The number of carbonyl (C=O) groups is 2. The van der Waals surface area contributed by atoms with Crippen LogP contribution in [0.4, 0.5) is 0 Å². The number of nitrogens with one attached hydrogen (secondary N) is 2. The van der Waals surface area contributed by atoms with Gasteiger partial charge in [0.25, 0.3) is 5.91 Å². The zero-order chi connectivity index (χ0) is 21.5. The summed E-state index contributed by atoms with van der Waals surface area (Å²) in [6.45, 7) is 9.46. The third-order valence-electron chi connectivity index (χ3n) is 3.98. The molecule has 0 fully saturated rings. The lowest BCUT2D eigenvalue weighted by molar-refractivity contribution is -0.156. The SMILES string of the molecule is COCCNC(=O)[C@H](C)OC(=O)[C@H](C)NS(=O)(=O)c1ccc(C(C)(C)C)cc1. The van der Waals surface area contributed by atoms with Crippen LogP contribution in [0.3, 0.4) is 0 Å². The Morgan fingerprint density at radius 1 is 1.11 bits per heavy atom. The molecule has 9 heteroatoms. The van der Waals surface area contributed by atoms with Crippen LogP contribution in [-0.2, 0) is 34.5 Å². The summed E-state index contributed by atoms with van der Waals surface area (Å²) in [5.74, 6) is -1.33. The van der Waals surface area contributed by atoms with Crippen molar-refractivity contribution in [2.45, 2.75) is 57.1 Å². The molecule has 28 heavy (non-hydrogen) atoms. The molecule has 0 aliphatic heterocycles. The number of carbonyl (C=O) groups excluding carboxylic acids is 2. The van der Waals surface area contributed by atoms with Gasteiger partial charge in [0, 0.05) is 13.7 Å². The molecule has 1 aromatic rings. The Labute approximate surface area is 167 Å². The minimum atomic E-state index is -3.91. The van der Waals surface area contributed by atoms with Gasteiger partial charge in [0.2, 0.25) is 10.0 Å². The Morgan fingerprint density at radius 3 is 2.18 bits per heavy atom. The van der Waals surface area contributed by atoms with Gasteiger partial charge in [-0.25, -0.2) is 8.42 Å². The van der Waals surface area contributed by atoms with E-state index >= 15 is 0 Å². The quantitative estimate of drug-likeness (QED) is 0.466. The number of amides is 1. The van der Waals surface area contributed by atoms with Gasteiger partial charge in [0.1, 0.15) is 6.04 Å². The first-order chi connectivity index (χ1) is 12.9. The van der Waals surface area contributed by atoms with E-state index in [9.17, 15) is 18.0 Å². The highest BCUT2D eigenvalue weighted by Crippen LogP contribution is 2.23. The topological polar surface area (TPSA) is 111 Å². The van der Waals surface area contributed by atoms with Crippen molar-refractivity contribution in [1.29, 1.82) is 0 Å². The fourth-order valence-electron chi connectivity index (χ4n) is 2.23. The molecule has 0 saturated heterocycles. The van der Waals surface area contributed by atoms with Gasteiger partial charge in [-0.05, 0) is 37.0 Å². The van der Waals surface area contributed by atoms with Gasteiger partial charge in [0.15, 0.2) is 6.10 Å². The maximum Gasteiger partial charge on any atom is 0.324 e. The fraction of sp³-hybridized carbons (Fsp3) is 0.579. The summed E-state index contributed by atoms with van der Waals surface area (Å²) in [5, 5.41) is 2.54. The number of benzene rings is 1. The average molecular weight is 415 g/mol. The molecule has 0 aliphatic carbocycles. The van der Waals surface area contributed by atoms with Gasteiger partial charge in [0.05, 0.1) is 11.5 Å². The first-order valence-corrected chi connectivity index (χ1v) is 10.5. The molecule has 0 unspecified atom stereocenters. The van der Waals surface area contributed by atoms with Crippen molar-refractivity contribution >= 4 is 21.9 Å².